The number of methoxy groups -OCH3 is 1. The summed E-state index contributed by atoms with van der Waals surface area (Å²) in [6.45, 7) is 2.66. The first-order valence-corrected chi connectivity index (χ1v) is 8.88. The molecule has 0 bridgehead atoms. The monoisotopic (exact) mass is 367 g/mol. The van der Waals surface area contributed by atoms with Crippen molar-refractivity contribution in [2.24, 2.45) is 11.7 Å². The van der Waals surface area contributed by atoms with Crippen molar-refractivity contribution in [3.63, 3.8) is 0 Å². The summed E-state index contributed by atoms with van der Waals surface area (Å²) in [5, 5.41) is 0. The summed E-state index contributed by atoms with van der Waals surface area (Å²) in [5.41, 5.74) is 6.42. The van der Waals surface area contributed by atoms with Gasteiger partial charge in [0, 0.05) is 49.2 Å². The van der Waals surface area contributed by atoms with Crippen LogP contribution in [0.25, 0.3) is 0 Å². The average Bonchev–Trinajstić information content (AvgIpc) is 2.94. The van der Waals surface area contributed by atoms with Crippen LogP contribution in [0.1, 0.15) is 18.1 Å². The van der Waals surface area contributed by atoms with Gasteiger partial charge in [-0.15, -0.1) is 0 Å². The van der Waals surface area contributed by atoms with Gasteiger partial charge in [0.1, 0.15) is 17.7 Å². The summed E-state index contributed by atoms with van der Waals surface area (Å²) in [7, 11) is 1.39. The molecule has 5 unspecified atom stereocenters. The summed E-state index contributed by atoms with van der Waals surface area (Å²) in [6.07, 6.45) is -0.297. The summed E-state index contributed by atoms with van der Waals surface area (Å²) in [4.78, 5) is 15.7. The second-order valence-corrected chi connectivity index (χ2v) is 7.37. The van der Waals surface area contributed by atoms with Crippen molar-refractivity contribution in [1.29, 1.82) is 0 Å². The highest BCUT2D eigenvalue weighted by molar-refractivity contribution is 5.68. The number of hydrogen-bond acceptors (Lipinski definition) is 5. The molecule has 1 aromatic carbocycles. The zero-order valence-corrected chi connectivity index (χ0v) is 14.6. The van der Waals surface area contributed by atoms with Crippen LogP contribution in [0.4, 0.5) is 13.6 Å². The van der Waals surface area contributed by atoms with Crippen LogP contribution in [0.5, 0.6) is 0 Å². The SMILES string of the molecule is COC(=O)N1CC2CN(C3COC(c4cc(F)ccc4F)C(N)C3)C2C1. The molecule has 0 aromatic heterocycles. The minimum Gasteiger partial charge on any atom is -0.453 e. The Hall–Kier alpha value is -1.77. The first kappa shape index (κ1) is 17.6. The quantitative estimate of drug-likeness (QED) is 0.858. The molecule has 3 aliphatic heterocycles. The number of amides is 1. The minimum atomic E-state index is -0.644. The average molecular weight is 367 g/mol. The van der Waals surface area contributed by atoms with Crippen LogP contribution in [0.15, 0.2) is 18.2 Å². The lowest BCUT2D eigenvalue weighted by molar-refractivity contribution is -0.0937. The first-order valence-electron chi connectivity index (χ1n) is 8.88. The van der Waals surface area contributed by atoms with Crippen molar-refractivity contribution in [3.05, 3.63) is 35.4 Å². The number of halogens is 2. The number of likely N-dealkylation sites (tertiary alicyclic amines) is 2. The van der Waals surface area contributed by atoms with E-state index in [1.54, 1.807) is 4.90 Å². The van der Waals surface area contributed by atoms with E-state index in [4.69, 9.17) is 15.2 Å². The van der Waals surface area contributed by atoms with Crippen molar-refractivity contribution in [1.82, 2.24) is 9.80 Å². The van der Waals surface area contributed by atoms with Gasteiger partial charge in [0.05, 0.1) is 13.7 Å². The predicted octanol–water partition coefficient (Wildman–Crippen LogP) is 1.50. The lowest BCUT2D eigenvalue weighted by atomic mass is 9.86. The number of rotatable bonds is 2. The van der Waals surface area contributed by atoms with Crippen LogP contribution in [-0.4, -0.2) is 67.4 Å². The molecule has 6 nitrogen and oxygen atoms in total. The van der Waals surface area contributed by atoms with E-state index in [0.29, 0.717) is 32.0 Å². The van der Waals surface area contributed by atoms with Gasteiger partial charge in [0.2, 0.25) is 0 Å². The van der Waals surface area contributed by atoms with Gasteiger partial charge in [-0.25, -0.2) is 13.6 Å². The second kappa shape index (κ2) is 6.75. The van der Waals surface area contributed by atoms with Gasteiger partial charge in [0.25, 0.3) is 0 Å². The maximum absolute atomic E-state index is 14.0. The Bertz CT molecular complexity index is 704. The maximum Gasteiger partial charge on any atom is 0.409 e. The van der Waals surface area contributed by atoms with E-state index in [2.05, 4.69) is 4.90 Å². The molecule has 5 atom stereocenters. The van der Waals surface area contributed by atoms with E-state index in [9.17, 15) is 13.6 Å². The smallest absolute Gasteiger partial charge is 0.409 e. The van der Waals surface area contributed by atoms with E-state index in [-0.39, 0.29) is 23.7 Å². The molecule has 0 aliphatic carbocycles. The van der Waals surface area contributed by atoms with Gasteiger partial charge < -0.3 is 20.1 Å². The Labute approximate surface area is 150 Å². The highest BCUT2D eigenvalue weighted by Gasteiger charge is 2.50. The molecule has 142 valence electrons. The molecule has 26 heavy (non-hydrogen) atoms. The highest BCUT2D eigenvalue weighted by Crippen LogP contribution is 2.38. The van der Waals surface area contributed by atoms with Crippen LogP contribution in [0.3, 0.4) is 0 Å². The lowest BCUT2D eigenvalue weighted by Gasteiger charge is -2.50. The normalized spacial score (nSPS) is 34.3. The van der Waals surface area contributed by atoms with Gasteiger partial charge in [-0.1, -0.05) is 0 Å². The third kappa shape index (κ3) is 2.95. The van der Waals surface area contributed by atoms with Crippen LogP contribution in [0.2, 0.25) is 0 Å². The Balaban J connectivity index is 1.39. The molecule has 3 heterocycles. The van der Waals surface area contributed by atoms with Crippen molar-refractivity contribution in [2.75, 3.05) is 33.4 Å². The molecule has 8 heteroatoms. The van der Waals surface area contributed by atoms with E-state index in [0.717, 1.165) is 24.7 Å². The number of carbonyl (C=O) groups excluding carboxylic acids is 1. The van der Waals surface area contributed by atoms with E-state index in [1.165, 1.54) is 7.11 Å². The summed E-state index contributed by atoms with van der Waals surface area (Å²) < 4.78 is 38.1. The predicted molar refractivity (Wildman–Crippen MR) is 89.4 cm³/mol. The molecule has 2 N–H and O–H groups in total. The first-order chi connectivity index (χ1) is 12.5. The molecule has 4 rings (SSSR count). The Morgan fingerprint density at radius 2 is 2.12 bits per heavy atom. The zero-order chi connectivity index (χ0) is 18.4. The number of nitrogens with two attached hydrogens (primary N) is 1. The topological polar surface area (TPSA) is 68.0 Å². The lowest BCUT2D eigenvalue weighted by Crippen LogP contribution is -2.63. The fourth-order valence-corrected chi connectivity index (χ4v) is 4.50. The van der Waals surface area contributed by atoms with E-state index < -0.39 is 23.8 Å². The number of carbonyl (C=O) groups is 1. The highest BCUT2D eigenvalue weighted by atomic mass is 19.1. The van der Waals surface area contributed by atoms with Gasteiger partial charge in [-0.3, -0.25) is 4.90 Å². The van der Waals surface area contributed by atoms with Gasteiger partial charge >= 0.3 is 6.09 Å². The molecule has 3 saturated heterocycles. The number of ether oxygens (including phenoxy) is 2. The van der Waals surface area contributed by atoms with Crippen LogP contribution < -0.4 is 5.73 Å². The maximum atomic E-state index is 14.0. The van der Waals surface area contributed by atoms with Gasteiger partial charge in [-0.2, -0.15) is 0 Å². The van der Waals surface area contributed by atoms with Crippen LogP contribution in [0, 0.1) is 17.6 Å². The fourth-order valence-electron chi connectivity index (χ4n) is 4.50. The van der Waals surface area contributed by atoms with Crippen LogP contribution >= 0.6 is 0 Å². The number of hydrogen-bond donors (Lipinski definition) is 1. The van der Waals surface area contributed by atoms with E-state index >= 15 is 0 Å². The Morgan fingerprint density at radius 3 is 2.85 bits per heavy atom. The Kier molecular flexibility index (Phi) is 4.58. The minimum absolute atomic E-state index is 0.122. The van der Waals surface area contributed by atoms with Gasteiger partial charge in [-0.05, 0) is 24.6 Å². The number of benzene rings is 1. The largest absolute Gasteiger partial charge is 0.453 e. The molecule has 3 fully saturated rings. The number of fused-ring (bicyclic) bond motifs is 1. The number of nitrogens with zero attached hydrogens (tertiary/aromatic N) is 2. The summed E-state index contributed by atoms with van der Waals surface area (Å²) >= 11 is 0. The third-order valence-electron chi connectivity index (χ3n) is 5.85. The summed E-state index contributed by atoms with van der Waals surface area (Å²) in [5.74, 6) is -0.554. The molecular weight excluding hydrogens is 344 g/mol. The Morgan fingerprint density at radius 1 is 1.31 bits per heavy atom. The molecular formula is C18H23F2N3O3. The fraction of sp³-hybridized carbons (Fsp3) is 0.611. The molecule has 0 saturated carbocycles. The molecule has 1 amide bonds. The van der Waals surface area contributed by atoms with Gasteiger partial charge in [0.15, 0.2) is 0 Å². The van der Waals surface area contributed by atoms with Crippen molar-refractivity contribution in [2.45, 2.75) is 30.7 Å². The molecule has 1 aromatic rings. The standard InChI is InChI=1S/C18H23F2N3O3/c1-25-18(24)22-6-10-7-23(16(10)8-22)12-5-15(21)17(26-9-12)13-4-11(19)2-3-14(13)20/h2-4,10,12,15-17H,5-9,21H2,1H3. The van der Waals surface area contributed by atoms with Crippen LogP contribution in [-0.2, 0) is 9.47 Å². The van der Waals surface area contributed by atoms with E-state index in [1.807, 2.05) is 0 Å². The van der Waals surface area contributed by atoms with Crippen molar-refractivity contribution >= 4 is 6.09 Å². The second-order valence-electron chi connectivity index (χ2n) is 7.37. The van der Waals surface area contributed by atoms with Crippen molar-refractivity contribution < 1.29 is 23.0 Å². The zero-order valence-electron chi connectivity index (χ0n) is 14.6. The molecule has 3 aliphatic rings. The molecule has 0 radical (unpaired) electrons. The van der Waals surface area contributed by atoms with Crippen molar-refractivity contribution in [3.8, 4) is 0 Å². The summed E-state index contributed by atoms with van der Waals surface area (Å²) in [6, 6.07) is 3.34. The molecule has 0 spiro atoms. The third-order valence-corrected chi connectivity index (χ3v) is 5.85.